The van der Waals surface area contributed by atoms with E-state index in [2.05, 4.69) is 35.2 Å². The third-order valence-electron chi connectivity index (χ3n) is 3.28. The van der Waals surface area contributed by atoms with Crippen molar-refractivity contribution in [2.24, 2.45) is 5.92 Å². The molecule has 0 atom stereocenters. The molecule has 0 saturated heterocycles. The number of unbranched alkanes of at least 4 members (excludes halogenated alkanes) is 1. The summed E-state index contributed by atoms with van der Waals surface area (Å²) >= 11 is 5.13. The first kappa shape index (κ1) is 14.8. The molecule has 1 fully saturated rings. The van der Waals surface area contributed by atoms with E-state index in [1.54, 1.807) is 0 Å². The minimum Gasteiger partial charge on any atom is -0.331 e. The summed E-state index contributed by atoms with van der Waals surface area (Å²) in [6.45, 7) is 2.19. The fourth-order valence-electron chi connectivity index (χ4n) is 1.86. The zero-order chi connectivity index (χ0) is 14.4. The molecule has 0 aliphatic heterocycles. The van der Waals surface area contributed by atoms with Gasteiger partial charge in [-0.2, -0.15) is 0 Å². The van der Waals surface area contributed by atoms with E-state index in [4.69, 9.17) is 12.2 Å². The molecule has 1 saturated carbocycles. The second kappa shape index (κ2) is 7.24. The molecular weight excluding hydrogens is 270 g/mol. The first-order valence-electron chi connectivity index (χ1n) is 7.15. The fourth-order valence-corrected chi connectivity index (χ4v) is 2.03. The van der Waals surface area contributed by atoms with Crippen molar-refractivity contribution in [2.75, 3.05) is 5.32 Å². The Balaban J connectivity index is 1.74. The number of aryl methyl sites for hydroxylation is 1. The highest BCUT2D eigenvalue weighted by Crippen LogP contribution is 2.28. The van der Waals surface area contributed by atoms with E-state index in [1.165, 1.54) is 18.4 Å². The summed E-state index contributed by atoms with van der Waals surface area (Å²) in [7, 11) is 0. The highest BCUT2D eigenvalue weighted by molar-refractivity contribution is 7.80. The molecule has 1 amide bonds. The second-order valence-electron chi connectivity index (χ2n) is 5.14. The van der Waals surface area contributed by atoms with Crippen molar-refractivity contribution in [3.8, 4) is 0 Å². The van der Waals surface area contributed by atoms with Gasteiger partial charge in [-0.3, -0.25) is 15.6 Å². The van der Waals surface area contributed by atoms with Gasteiger partial charge in [0.1, 0.15) is 0 Å². The summed E-state index contributed by atoms with van der Waals surface area (Å²) in [5.74, 6) is 0.187. The maximum Gasteiger partial charge on any atom is 0.241 e. The average molecular weight is 291 g/mol. The molecule has 0 unspecified atom stereocenters. The molecule has 2 rings (SSSR count). The number of carbonyl (C=O) groups excluding carboxylic acids is 1. The zero-order valence-electron chi connectivity index (χ0n) is 11.7. The summed E-state index contributed by atoms with van der Waals surface area (Å²) in [5, 5.41) is 3.45. The molecule has 0 aromatic heterocycles. The SMILES string of the molecule is CCCCc1ccc(NC(=S)NNC(=O)C2CC2)cc1. The van der Waals surface area contributed by atoms with E-state index in [1.807, 2.05) is 12.1 Å². The number of benzene rings is 1. The van der Waals surface area contributed by atoms with Crippen molar-refractivity contribution in [2.45, 2.75) is 39.0 Å². The Morgan fingerprint density at radius 2 is 1.95 bits per heavy atom. The molecular formula is C15H21N3OS. The Hall–Kier alpha value is -1.62. The van der Waals surface area contributed by atoms with E-state index < -0.39 is 0 Å². The number of nitrogens with one attached hydrogen (secondary N) is 3. The van der Waals surface area contributed by atoms with Crippen LogP contribution in [0.1, 0.15) is 38.2 Å². The van der Waals surface area contributed by atoms with Crippen LogP contribution in [0.5, 0.6) is 0 Å². The van der Waals surface area contributed by atoms with Gasteiger partial charge in [0.15, 0.2) is 5.11 Å². The number of carbonyl (C=O) groups is 1. The molecule has 0 radical (unpaired) electrons. The number of hydrazine groups is 1. The number of thiocarbonyl (C=S) groups is 1. The minimum absolute atomic E-state index is 0.0177. The van der Waals surface area contributed by atoms with Crippen LogP contribution < -0.4 is 16.2 Å². The lowest BCUT2D eigenvalue weighted by molar-refractivity contribution is -0.122. The van der Waals surface area contributed by atoms with Crippen LogP contribution in [0, 0.1) is 5.92 Å². The lowest BCUT2D eigenvalue weighted by atomic mass is 10.1. The van der Waals surface area contributed by atoms with Crippen LogP contribution >= 0.6 is 12.2 Å². The van der Waals surface area contributed by atoms with Gasteiger partial charge in [0.2, 0.25) is 5.91 Å². The minimum atomic E-state index is 0.0177. The molecule has 0 heterocycles. The van der Waals surface area contributed by atoms with Crippen molar-refractivity contribution in [1.29, 1.82) is 0 Å². The Kier molecular flexibility index (Phi) is 5.35. The molecule has 0 bridgehead atoms. The van der Waals surface area contributed by atoms with E-state index in [9.17, 15) is 4.79 Å². The van der Waals surface area contributed by atoms with Crippen LogP contribution in [0.25, 0.3) is 0 Å². The van der Waals surface area contributed by atoms with E-state index in [0.29, 0.717) is 5.11 Å². The van der Waals surface area contributed by atoms with Crippen molar-refractivity contribution in [1.82, 2.24) is 10.9 Å². The number of rotatable bonds is 5. The van der Waals surface area contributed by atoms with Gasteiger partial charge in [-0.25, -0.2) is 0 Å². The third kappa shape index (κ3) is 4.81. The molecule has 1 aliphatic carbocycles. The Bertz CT molecular complexity index is 469. The van der Waals surface area contributed by atoms with Crippen molar-refractivity contribution < 1.29 is 4.79 Å². The third-order valence-corrected chi connectivity index (χ3v) is 3.48. The molecule has 5 heteroatoms. The fraction of sp³-hybridized carbons (Fsp3) is 0.467. The van der Waals surface area contributed by atoms with E-state index in [0.717, 1.165) is 24.9 Å². The van der Waals surface area contributed by atoms with Crippen LogP contribution in [0.4, 0.5) is 5.69 Å². The maximum atomic E-state index is 11.4. The number of hydrogen-bond donors (Lipinski definition) is 3. The van der Waals surface area contributed by atoms with Crippen LogP contribution in [-0.2, 0) is 11.2 Å². The lowest BCUT2D eigenvalue weighted by Gasteiger charge is -2.11. The van der Waals surface area contributed by atoms with Crippen LogP contribution in [0.15, 0.2) is 24.3 Å². The summed E-state index contributed by atoms with van der Waals surface area (Å²) < 4.78 is 0. The summed E-state index contributed by atoms with van der Waals surface area (Å²) in [5.41, 5.74) is 7.58. The predicted octanol–water partition coefficient (Wildman–Crippen LogP) is 2.76. The van der Waals surface area contributed by atoms with Crippen molar-refractivity contribution in [3.05, 3.63) is 29.8 Å². The van der Waals surface area contributed by atoms with Crippen LogP contribution in [-0.4, -0.2) is 11.0 Å². The van der Waals surface area contributed by atoms with E-state index >= 15 is 0 Å². The highest BCUT2D eigenvalue weighted by atomic mass is 32.1. The van der Waals surface area contributed by atoms with Crippen LogP contribution in [0.3, 0.4) is 0 Å². The smallest absolute Gasteiger partial charge is 0.241 e. The Morgan fingerprint density at radius 1 is 1.25 bits per heavy atom. The van der Waals surface area contributed by atoms with Crippen molar-refractivity contribution in [3.63, 3.8) is 0 Å². The summed E-state index contributed by atoms with van der Waals surface area (Å²) in [6, 6.07) is 8.20. The molecule has 1 aliphatic rings. The standard InChI is InChI=1S/C15H21N3OS/c1-2-3-4-11-5-9-13(10-6-11)16-15(20)18-17-14(19)12-7-8-12/h5-6,9-10,12H,2-4,7-8H2,1H3,(H,17,19)(H2,16,18,20). The lowest BCUT2D eigenvalue weighted by Crippen LogP contribution is -2.44. The molecule has 3 N–H and O–H groups in total. The Labute approximate surface area is 125 Å². The van der Waals surface area contributed by atoms with Crippen LogP contribution in [0.2, 0.25) is 0 Å². The molecule has 1 aromatic rings. The van der Waals surface area contributed by atoms with Gasteiger partial charge in [0, 0.05) is 11.6 Å². The average Bonchev–Trinajstić information content (AvgIpc) is 3.28. The largest absolute Gasteiger partial charge is 0.331 e. The van der Waals surface area contributed by atoms with Gasteiger partial charge in [-0.1, -0.05) is 25.5 Å². The topological polar surface area (TPSA) is 53.2 Å². The van der Waals surface area contributed by atoms with Gasteiger partial charge in [0.05, 0.1) is 0 Å². The first-order chi connectivity index (χ1) is 9.69. The number of anilines is 1. The molecule has 0 spiro atoms. The van der Waals surface area contributed by atoms with Gasteiger partial charge in [0.25, 0.3) is 0 Å². The second-order valence-corrected chi connectivity index (χ2v) is 5.55. The predicted molar refractivity (Wildman–Crippen MR) is 85.3 cm³/mol. The molecule has 108 valence electrons. The zero-order valence-corrected chi connectivity index (χ0v) is 12.6. The quantitative estimate of drug-likeness (QED) is 0.577. The Morgan fingerprint density at radius 3 is 2.55 bits per heavy atom. The van der Waals surface area contributed by atoms with Gasteiger partial charge < -0.3 is 5.32 Å². The summed E-state index contributed by atoms with van der Waals surface area (Å²) in [4.78, 5) is 11.4. The maximum absolute atomic E-state index is 11.4. The van der Waals surface area contributed by atoms with E-state index in [-0.39, 0.29) is 11.8 Å². The number of amides is 1. The van der Waals surface area contributed by atoms with Gasteiger partial charge in [-0.05, 0) is 55.6 Å². The molecule has 20 heavy (non-hydrogen) atoms. The first-order valence-corrected chi connectivity index (χ1v) is 7.55. The summed E-state index contributed by atoms with van der Waals surface area (Å²) in [6.07, 6.45) is 5.48. The number of hydrogen-bond acceptors (Lipinski definition) is 2. The molecule has 4 nitrogen and oxygen atoms in total. The van der Waals surface area contributed by atoms with Gasteiger partial charge in [-0.15, -0.1) is 0 Å². The van der Waals surface area contributed by atoms with Gasteiger partial charge >= 0.3 is 0 Å². The van der Waals surface area contributed by atoms with Crippen molar-refractivity contribution >= 4 is 28.9 Å². The normalized spacial score (nSPS) is 13.7. The molecule has 1 aromatic carbocycles. The monoisotopic (exact) mass is 291 g/mol. The highest BCUT2D eigenvalue weighted by Gasteiger charge is 2.29.